The van der Waals surface area contributed by atoms with Crippen LogP contribution in [0.3, 0.4) is 0 Å². The minimum absolute atomic E-state index is 0.0730. The minimum Gasteiger partial charge on any atom is -0.545 e. The predicted molar refractivity (Wildman–Crippen MR) is 72.4 cm³/mol. The maximum Gasteiger partial charge on any atom is 0.135 e. The molecular formula is C16H9N2O3-. The average molecular weight is 277 g/mol. The summed E-state index contributed by atoms with van der Waals surface area (Å²) in [6.45, 7) is 1.66. The molecule has 2 aromatic rings. The largest absolute Gasteiger partial charge is 0.545 e. The number of allylic oxidation sites excluding steroid dienone is 1. The van der Waals surface area contributed by atoms with E-state index in [0.717, 1.165) is 0 Å². The average Bonchev–Trinajstić information content (AvgIpc) is 2.93. The summed E-state index contributed by atoms with van der Waals surface area (Å²) in [4.78, 5) is 11.0. The molecule has 0 atom stereocenters. The van der Waals surface area contributed by atoms with Crippen molar-refractivity contribution in [3.05, 3.63) is 52.8 Å². The number of furan rings is 1. The van der Waals surface area contributed by atoms with Crippen LogP contribution in [0, 0.1) is 29.6 Å². The maximum absolute atomic E-state index is 11.0. The summed E-state index contributed by atoms with van der Waals surface area (Å²) in [7, 11) is 0. The SMILES string of the molecule is Cc1c(C(=O)[O-])cccc1-c1ccc(C=C(C#N)C#N)o1. The fourth-order valence-corrected chi connectivity index (χ4v) is 1.93. The van der Waals surface area contributed by atoms with Crippen molar-refractivity contribution in [1.82, 2.24) is 0 Å². The van der Waals surface area contributed by atoms with Gasteiger partial charge in [0.25, 0.3) is 0 Å². The zero-order chi connectivity index (χ0) is 15.4. The van der Waals surface area contributed by atoms with Crippen molar-refractivity contribution < 1.29 is 14.3 Å². The number of rotatable bonds is 3. The van der Waals surface area contributed by atoms with Gasteiger partial charge in [-0.2, -0.15) is 10.5 Å². The van der Waals surface area contributed by atoms with Gasteiger partial charge >= 0.3 is 0 Å². The number of aromatic carboxylic acids is 1. The number of nitriles is 2. The summed E-state index contributed by atoms with van der Waals surface area (Å²) in [6.07, 6.45) is 1.32. The van der Waals surface area contributed by atoms with Crippen molar-refractivity contribution in [1.29, 1.82) is 10.5 Å². The monoisotopic (exact) mass is 277 g/mol. The van der Waals surface area contributed by atoms with Crippen LogP contribution < -0.4 is 5.11 Å². The van der Waals surface area contributed by atoms with E-state index in [2.05, 4.69) is 0 Å². The molecule has 0 aliphatic rings. The van der Waals surface area contributed by atoms with E-state index in [1.807, 2.05) is 0 Å². The van der Waals surface area contributed by atoms with E-state index in [1.54, 1.807) is 43.3 Å². The highest BCUT2D eigenvalue weighted by molar-refractivity contribution is 5.90. The molecule has 0 radical (unpaired) electrons. The van der Waals surface area contributed by atoms with Crippen LogP contribution in [0.25, 0.3) is 17.4 Å². The van der Waals surface area contributed by atoms with Crippen molar-refractivity contribution >= 4 is 12.0 Å². The quantitative estimate of drug-likeness (QED) is 0.799. The Morgan fingerprint density at radius 3 is 2.57 bits per heavy atom. The summed E-state index contributed by atoms with van der Waals surface area (Å²) in [5, 5.41) is 28.4. The first kappa shape index (κ1) is 14.1. The lowest BCUT2D eigenvalue weighted by Gasteiger charge is -2.10. The lowest BCUT2D eigenvalue weighted by Crippen LogP contribution is -2.23. The third-order valence-electron chi connectivity index (χ3n) is 2.97. The van der Waals surface area contributed by atoms with E-state index in [4.69, 9.17) is 14.9 Å². The van der Waals surface area contributed by atoms with Crippen molar-refractivity contribution in [2.24, 2.45) is 0 Å². The second kappa shape index (κ2) is 5.77. The van der Waals surface area contributed by atoms with Crippen LogP contribution in [0.15, 0.2) is 40.3 Å². The molecule has 2 rings (SSSR count). The van der Waals surface area contributed by atoms with Crippen molar-refractivity contribution in [3.63, 3.8) is 0 Å². The fourth-order valence-electron chi connectivity index (χ4n) is 1.93. The van der Waals surface area contributed by atoms with Gasteiger partial charge in [0, 0.05) is 17.2 Å². The normalized spacial score (nSPS) is 9.48. The van der Waals surface area contributed by atoms with Crippen LogP contribution in [0.4, 0.5) is 0 Å². The summed E-state index contributed by atoms with van der Waals surface area (Å²) in [5.74, 6) is -0.448. The Morgan fingerprint density at radius 1 is 1.24 bits per heavy atom. The third kappa shape index (κ3) is 2.83. The van der Waals surface area contributed by atoms with Gasteiger partial charge in [-0.1, -0.05) is 18.2 Å². The highest BCUT2D eigenvalue weighted by Crippen LogP contribution is 2.28. The molecule has 0 fully saturated rings. The topological polar surface area (TPSA) is 101 Å². The molecule has 1 aromatic carbocycles. The van der Waals surface area contributed by atoms with E-state index in [-0.39, 0.29) is 11.1 Å². The molecule has 0 bridgehead atoms. The van der Waals surface area contributed by atoms with Crippen LogP contribution in [-0.4, -0.2) is 5.97 Å². The first-order valence-electron chi connectivity index (χ1n) is 6.00. The molecule has 0 saturated heterocycles. The van der Waals surface area contributed by atoms with Gasteiger partial charge in [-0.05, 0) is 24.6 Å². The highest BCUT2D eigenvalue weighted by Gasteiger charge is 2.10. The Kier molecular flexibility index (Phi) is 3.87. The number of nitrogens with zero attached hydrogens (tertiary/aromatic N) is 2. The maximum atomic E-state index is 11.0. The number of carbonyl (C=O) groups excluding carboxylic acids is 1. The van der Waals surface area contributed by atoms with E-state index in [9.17, 15) is 9.90 Å². The Morgan fingerprint density at radius 2 is 1.95 bits per heavy atom. The Bertz CT molecular complexity index is 801. The minimum atomic E-state index is -1.25. The third-order valence-corrected chi connectivity index (χ3v) is 2.97. The number of hydrogen-bond donors (Lipinski definition) is 0. The lowest BCUT2D eigenvalue weighted by atomic mass is 10.0. The Labute approximate surface area is 121 Å². The summed E-state index contributed by atoms with van der Waals surface area (Å²) in [5.41, 5.74) is 1.17. The second-order valence-corrected chi connectivity index (χ2v) is 4.25. The smallest absolute Gasteiger partial charge is 0.135 e. The van der Waals surface area contributed by atoms with E-state index >= 15 is 0 Å². The van der Waals surface area contributed by atoms with Crippen molar-refractivity contribution in [2.45, 2.75) is 6.92 Å². The van der Waals surface area contributed by atoms with Crippen LogP contribution in [-0.2, 0) is 0 Å². The number of carboxylic acids is 1. The van der Waals surface area contributed by atoms with Gasteiger partial charge in [-0.15, -0.1) is 0 Å². The van der Waals surface area contributed by atoms with E-state index < -0.39 is 5.97 Å². The molecule has 5 heteroatoms. The van der Waals surface area contributed by atoms with Gasteiger partial charge in [-0.3, -0.25) is 0 Å². The van der Waals surface area contributed by atoms with Gasteiger partial charge in [0.15, 0.2) is 0 Å². The molecule has 1 aromatic heterocycles. The van der Waals surface area contributed by atoms with Crippen LogP contribution in [0.2, 0.25) is 0 Å². The molecule has 0 saturated carbocycles. The molecule has 0 spiro atoms. The van der Waals surface area contributed by atoms with Gasteiger partial charge in [0.05, 0.1) is 5.97 Å². The lowest BCUT2D eigenvalue weighted by molar-refractivity contribution is -0.255. The zero-order valence-corrected chi connectivity index (χ0v) is 11.1. The standard InChI is InChI=1S/C16H10N2O3/c1-10-13(3-2-4-14(10)16(19)20)15-6-5-12(21-15)7-11(8-17)9-18/h2-7H,1H3,(H,19,20)/p-1. The zero-order valence-electron chi connectivity index (χ0n) is 11.1. The molecule has 21 heavy (non-hydrogen) atoms. The number of hydrogen-bond acceptors (Lipinski definition) is 5. The second-order valence-electron chi connectivity index (χ2n) is 4.25. The van der Waals surface area contributed by atoms with Gasteiger partial charge in [0.1, 0.15) is 29.2 Å². The number of carboxylic acid groups (broad SMARTS) is 1. The Hall–Kier alpha value is -3.31. The highest BCUT2D eigenvalue weighted by atomic mass is 16.4. The molecule has 0 aliphatic heterocycles. The molecule has 0 aliphatic carbocycles. The molecular weight excluding hydrogens is 268 g/mol. The molecule has 1 heterocycles. The molecule has 5 nitrogen and oxygen atoms in total. The molecule has 0 unspecified atom stereocenters. The summed E-state index contributed by atoms with van der Waals surface area (Å²) >= 11 is 0. The fraction of sp³-hybridized carbons (Fsp3) is 0.0625. The predicted octanol–water partition coefficient (Wildman–Crippen LogP) is 2.05. The van der Waals surface area contributed by atoms with Crippen LogP contribution in [0.5, 0.6) is 0 Å². The first-order chi connectivity index (χ1) is 10.1. The number of carbonyl (C=O) groups is 1. The first-order valence-corrected chi connectivity index (χ1v) is 6.00. The Balaban J connectivity index is 2.47. The molecule has 102 valence electrons. The van der Waals surface area contributed by atoms with E-state index in [1.165, 1.54) is 12.1 Å². The summed E-state index contributed by atoms with van der Waals surface area (Å²) in [6, 6.07) is 11.5. The van der Waals surface area contributed by atoms with Gasteiger partial charge in [-0.25, -0.2) is 0 Å². The van der Waals surface area contributed by atoms with Gasteiger partial charge < -0.3 is 14.3 Å². The van der Waals surface area contributed by atoms with Gasteiger partial charge in [0.2, 0.25) is 0 Å². The molecule has 0 amide bonds. The number of benzene rings is 1. The van der Waals surface area contributed by atoms with Crippen molar-refractivity contribution in [3.8, 4) is 23.5 Å². The summed E-state index contributed by atoms with van der Waals surface area (Å²) < 4.78 is 5.53. The van der Waals surface area contributed by atoms with E-state index in [0.29, 0.717) is 22.6 Å². The molecule has 0 N–H and O–H groups in total. The van der Waals surface area contributed by atoms with Crippen molar-refractivity contribution in [2.75, 3.05) is 0 Å². The van der Waals surface area contributed by atoms with Crippen LogP contribution in [0.1, 0.15) is 21.7 Å². The van der Waals surface area contributed by atoms with Crippen LogP contribution >= 0.6 is 0 Å².